The van der Waals surface area contributed by atoms with E-state index in [2.05, 4.69) is 26.0 Å². The summed E-state index contributed by atoms with van der Waals surface area (Å²) in [6, 6.07) is 8.10. The summed E-state index contributed by atoms with van der Waals surface area (Å²) in [5, 5.41) is 0. The number of rotatable bonds is 6. The predicted molar refractivity (Wildman–Crippen MR) is 127 cm³/mol. The SMILES string of the molecule is CC(=O)N1CCC[C@@H](c2nc(CN(C)C(=O)Cc3ccc(C)c(C)c3)cc(N(C)C)n2)C1. The van der Waals surface area contributed by atoms with Crippen LogP contribution >= 0.6 is 0 Å². The molecule has 0 bridgehead atoms. The minimum absolute atomic E-state index is 0.0558. The minimum atomic E-state index is 0.0558. The molecular formula is C25H35N5O2. The highest BCUT2D eigenvalue weighted by atomic mass is 16.2. The molecule has 1 aliphatic heterocycles. The third kappa shape index (κ3) is 5.84. The molecule has 0 radical (unpaired) electrons. The van der Waals surface area contributed by atoms with Gasteiger partial charge in [-0.1, -0.05) is 18.2 Å². The predicted octanol–water partition coefficient (Wildman–Crippen LogP) is 3.09. The number of likely N-dealkylation sites (tertiary alicyclic amines) is 1. The molecule has 1 aromatic carbocycles. The van der Waals surface area contributed by atoms with Gasteiger partial charge in [-0.2, -0.15) is 0 Å². The lowest BCUT2D eigenvalue weighted by Gasteiger charge is -2.31. The lowest BCUT2D eigenvalue weighted by Crippen LogP contribution is -2.38. The highest BCUT2D eigenvalue weighted by Crippen LogP contribution is 2.26. The molecule has 32 heavy (non-hydrogen) atoms. The number of aromatic nitrogens is 2. The maximum absolute atomic E-state index is 12.9. The molecule has 3 rings (SSSR count). The summed E-state index contributed by atoms with van der Waals surface area (Å²) in [6.07, 6.45) is 2.28. The summed E-state index contributed by atoms with van der Waals surface area (Å²) in [5.41, 5.74) is 4.26. The van der Waals surface area contributed by atoms with Crippen LogP contribution in [-0.2, 0) is 22.6 Å². The highest BCUT2D eigenvalue weighted by Gasteiger charge is 2.26. The standard InChI is InChI=1S/C25H35N5O2/c1-17-9-10-20(12-18(17)2)13-24(32)29(6)16-22-14-23(28(4)5)27-25(26-22)21-8-7-11-30(15-21)19(3)31/h9-10,12,14,21H,7-8,11,13,15-16H2,1-6H3/t21-/m1/s1. The fraction of sp³-hybridized carbons (Fsp3) is 0.520. The Hall–Kier alpha value is -2.96. The molecule has 7 heteroatoms. The number of anilines is 1. The first-order valence-electron chi connectivity index (χ1n) is 11.2. The van der Waals surface area contributed by atoms with Gasteiger partial charge in [0.15, 0.2) is 0 Å². The van der Waals surface area contributed by atoms with Gasteiger partial charge in [0.25, 0.3) is 0 Å². The molecule has 1 fully saturated rings. The van der Waals surface area contributed by atoms with Crippen LogP contribution < -0.4 is 4.90 Å². The Morgan fingerprint density at radius 2 is 1.84 bits per heavy atom. The Morgan fingerprint density at radius 1 is 1.09 bits per heavy atom. The van der Waals surface area contributed by atoms with Gasteiger partial charge >= 0.3 is 0 Å². The van der Waals surface area contributed by atoms with E-state index >= 15 is 0 Å². The van der Waals surface area contributed by atoms with Crippen LogP contribution in [0.4, 0.5) is 5.82 Å². The third-order valence-electron chi connectivity index (χ3n) is 6.22. The second kappa shape index (κ2) is 10.1. The summed E-state index contributed by atoms with van der Waals surface area (Å²) in [5.74, 6) is 1.84. The number of hydrogen-bond donors (Lipinski definition) is 0. The van der Waals surface area contributed by atoms with Crippen molar-refractivity contribution < 1.29 is 9.59 Å². The van der Waals surface area contributed by atoms with Crippen LogP contribution in [0.2, 0.25) is 0 Å². The third-order valence-corrected chi connectivity index (χ3v) is 6.22. The largest absolute Gasteiger partial charge is 0.363 e. The van der Waals surface area contributed by atoms with Crippen molar-refractivity contribution in [2.45, 2.75) is 52.5 Å². The van der Waals surface area contributed by atoms with Crippen LogP contribution in [-0.4, -0.2) is 65.8 Å². The average molecular weight is 438 g/mol. The Balaban J connectivity index is 1.76. The van der Waals surface area contributed by atoms with Crippen molar-refractivity contribution in [2.75, 3.05) is 39.1 Å². The smallest absolute Gasteiger partial charge is 0.227 e. The lowest BCUT2D eigenvalue weighted by atomic mass is 9.97. The van der Waals surface area contributed by atoms with Gasteiger partial charge in [-0.15, -0.1) is 0 Å². The zero-order valence-electron chi connectivity index (χ0n) is 20.2. The van der Waals surface area contributed by atoms with Crippen LogP contribution in [0.25, 0.3) is 0 Å². The molecule has 172 valence electrons. The van der Waals surface area contributed by atoms with Crippen LogP contribution in [0.15, 0.2) is 24.3 Å². The molecule has 0 N–H and O–H groups in total. The van der Waals surface area contributed by atoms with Crippen LogP contribution in [0.1, 0.15) is 53.9 Å². The van der Waals surface area contributed by atoms with Crippen molar-refractivity contribution in [3.05, 3.63) is 52.5 Å². The Kier molecular flexibility index (Phi) is 7.48. The first-order valence-corrected chi connectivity index (χ1v) is 11.2. The number of carbonyl (C=O) groups is 2. The molecule has 0 unspecified atom stereocenters. The maximum atomic E-state index is 12.9. The number of piperidine rings is 1. The topological polar surface area (TPSA) is 69.6 Å². The zero-order chi connectivity index (χ0) is 23.4. The second-order valence-electron chi connectivity index (χ2n) is 9.12. The van der Waals surface area contributed by atoms with E-state index in [0.717, 1.165) is 42.3 Å². The Bertz CT molecular complexity index is 988. The molecule has 1 aliphatic rings. The highest BCUT2D eigenvalue weighted by molar-refractivity contribution is 5.78. The van der Waals surface area contributed by atoms with E-state index in [1.54, 1.807) is 11.8 Å². The first kappa shape index (κ1) is 23.7. The quantitative estimate of drug-likeness (QED) is 0.695. The number of likely N-dealkylation sites (N-methyl/N-ethyl adjacent to an activating group) is 1. The number of amides is 2. The van der Waals surface area contributed by atoms with Gasteiger partial charge < -0.3 is 14.7 Å². The normalized spacial score (nSPS) is 16.1. The summed E-state index contributed by atoms with van der Waals surface area (Å²) in [4.78, 5) is 39.9. The van der Waals surface area contributed by atoms with E-state index in [4.69, 9.17) is 9.97 Å². The molecule has 2 aromatic rings. The van der Waals surface area contributed by atoms with Crippen LogP contribution in [0.3, 0.4) is 0 Å². The summed E-state index contributed by atoms with van der Waals surface area (Å²) in [7, 11) is 5.72. The number of carbonyl (C=O) groups excluding carboxylic acids is 2. The Morgan fingerprint density at radius 3 is 2.50 bits per heavy atom. The van der Waals surface area contributed by atoms with Crippen molar-refractivity contribution in [1.29, 1.82) is 0 Å². The van der Waals surface area contributed by atoms with E-state index in [0.29, 0.717) is 19.5 Å². The average Bonchev–Trinajstić information content (AvgIpc) is 2.76. The molecule has 2 amide bonds. The molecule has 1 saturated heterocycles. The van der Waals surface area contributed by atoms with Crippen molar-refractivity contribution in [3.63, 3.8) is 0 Å². The summed E-state index contributed by atoms with van der Waals surface area (Å²) in [6.45, 7) is 7.61. The van der Waals surface area contributed by atoms with Crippen LogP contribution in [0, 0.1) is 13.8 Å². The van der Waals surface area contributed by atoms with Crippen LogP contribution in [0.5, 0.6) is 0 Å². The van der Waals surface area contributed by atoms with Crippen molar-refractivity contribution in [2.24, 2.45) is 0 Å². The van der Waals surface area contributed by atoms with E-state index < -0.39 is 0 Å². The number of nitrogens with zero attached hydrogens (tertiary/aromatic N) is 5. The molecular weight excluding hydrogens is 402 g/mol. The monoisotopic (exact) mass is 437 g/mol. The number of hydrogen-bond acceptors (Lipinski definition) is 5. The fourth-order valence-electron chi connectivity index (χ4n) is 4.02. The summed E-state index contributed by atoms with van der Waals surface area (Å²) >= 11 is 0. The lowest BCUT2D eigenvalue weighted by molar-refractivity contribution is -0.130. The summed E-state index contributed by atoms with van der Waals surface area (Å²) < 4.78 is 0. The Labute approximate surface area is 191 Å². The van der Waals surface area contributed by atoms with E-state index in [1.165, 1.54) is 11.1 Å². The molecule has 2 heterocycles. The molecule has 7 nitrogen and oxygen atoms in total. The van der Waals surface area contributed by atoms with Crippen molar-refractivity contribution in [3.8, 4) is 0 Å². The number of aryl methyl sites for hydroxylation is 2. The number of benzene rings is 1. The second-order valence-corrected chi connectivity index (χ2v) is 9.12. The van der Waals surface area contributed by atoms with Gasteiger partial charge in [0.2, 0.25) is 11.8 Å². The van der Waals surface area contributed by atoms with Gasteiger partial charge in [-0.05, 0) is 43.4 Å². The minimum Gasteiger partial charge on any atom is -0.363 e. The van der Waals surface area contributed by atoms with Gasteiger partial charge in [0.1, 0.15) is 11.6 Å². The maximum Gasteiger partial charge on any atom is 0.227 e. The van der Waals surface area contributed by atoms with Gasteiger partial charge in [0, 0.05) is 53.1 Å². The van der Waals surface area contributed by atoms with Gasteiger partial charge in [-0.3, -0.25) is 9.59 Å². The van der Waals surface area contributed by atoms with E-state index in [-0.39, 0.29) is 17.7 Å². The van der Waals surface area contributed by atoms with E-state index in [1.807, 2.05) is 43.1 Å². The van der Waals surface area contributed by atoms with Gasteiger partial charge in [-0.25, -0.2) is 9.97 Å². The van der Waals surface area contributed by atoms with Crippen molar-refractivity contribution >= 4 is 17.6 Å². The molecule has 1 atom stereocenters. The van der Waals surface area contributed by atoms with Gasteiger partial charge in [0.05, 0.1) is 18.7 Å². The zero-order valence-corrected chi connectivity index (χ0v) is 20.2. The molecule has 0 saturated carbocycles. The fourth-order valence-corrected chi connectivity index (χ4v) is 4.02. The van der Waals surface area contributed by atoms with E-state index in [9.17, 15) is 9.59 Å². The molecule has 0 aliphatic carbocycles. The molecule has 1 aromatic heterocycles. The van der Waals surface area contributed by atoms with Crippen molar-refractivity contribution in [1.82, 2.24) is 19.8 Å². The molecule has 0 spiro atoms. The first-order chi connectivity index (χ1) is 15.1.